The number of para-hydroxylation sites is 1. The third-order valence-electron chi connectivity index (χ3n) is 5.29. The SMILES string of the molecule is Bc1ccc(NC(=O)c2ccccc2NC(=O)c2ccc(C3=NCCN3CC)cc2)nc1. The van der Waals surface area contributed by atoms with Crippen molar-refractivity contribution in [3.63, 3.8) is 0 Å². The van der Waals surface area contributed by atoms with Gasteiger partial charge in [-0.15, -0.1) is 0 Å². The summed E-state index contributed by atoms with van der Waals surface area (Å²) in [7, 11) is 1.93. The number of amides is 2. The van der Waals surface area contributed by atoms with Crippen molar-refractivity contribution in [2.45, 2.75) is 6.92 Å². The normalized spacial score (nSPS) is 12.9. The minimum Gasteiger partial charge on any atom is -0.355 e. The Hall–Kier alpha value is -3.94. The van der Waals surface area contributed by atoms with Crippen LogP contribution in [0.1, 0.15) is 33.2 Å². The molecule has 4 rings (SSSR count). The predicted octanol–water partition coefficient (Wildman–Crippen LogP) is 1.93. The van der Waals surface area contributed by atoms with Gasteiger partial charge in [-0.3, -0.25) is 14.6 Å². The fourth-order valence-corrected chi connectivity index (χ4v) is 3.54. The average Bonchev–Trinajstić information content (AvgIpc) is 3.30. The highest BCUT2D eigenvalue weighted by Gasteiger charge is 2.18. The van der Waals surface area contributed by atoms with E-state index in [9.17, 15) is 9.59 Å². The summed E-state index contributed by atoms with van der Waals surface area (Å²) in [5.41, 5.74) is 3.29. The molecule has 160 valence electrons. The summed E-state index contributed by atoms with van der Waals surface area (Å²) in [4.78, 5) is 36.6. The summed E-state index contributed by atoms with van der Waals surface area (Å²) < 4.78 is 0. The molecule has 0 fully saturated rings. The minimum atomic E-state index is -0.341. The van der Waals surface area contributed by atoms with Crippen LogP contribution >= 0.6 is 0 Å². The highest BCUT2D eigenvalue weighted by Crippen LogP contribution is 2.19. The number of pyridine rings is 1. The van der Waals surface area contributed by atoms with Gasteiger partial charge < -0.3 is 15.5 Å². The number of amidine groups is 1. The molecular weight excluding hydrogens is 401 g/mol. The molecule has 3 aromatic rings. The van der Waals surface area contributed by atoms with E-state index in [4.69, 9.17) is 0 Å². The van der Waals surface area contributed by atoms with Gasteiger partial charge >= 0.3 is 0 Å². The van der Waals surface area contributed by atoms with Crippen molar-refractivity contribution in [2.75, 3.05) is 30.3 Å². The second-order valence-electron chi connectivity index (χ2n) is 7.54. The minimum absolute atomic E-state index is 0.286. The quantitative estimate of drug-likeness (QED) is 0.591. The molecule has 0 saturated heterocycles. The highest BCUT2D eigenvalue weighted by molar-refractivity contribution is 6.32. The van der Waals surface area contributed by atoms with Crippen LogP contribution in [-0.4, -0.2) is 55.0 Å². The van der Waals surface area contributed by atoms with E-state index in [1.165, 1.54) is 0 Å². The Morgan fingerprint density at radius 1 is 1.00 bits per heavy atom. The summed E-state index contributed by atoms with van der Waals surface area (Å²) in [6.45, 7) is 4.72. The van der Waals surface area contributed by atoms with Crippen LogP contribution in [0.4, 0.5) is 11.5 Å². The molecule has 32 heavy (non-hydrogen) atoms. The summed E-state index contributed by atoms with van der Waals surface area (Å²) in [6, 6.07) is 17.9. The summed E-state index contributed by atoms with van der Waals surface area (Å²) in [5, 5.41) is 5.62. The zero-order chi connectivity index (χ0) is 22.5. The van der Waals surface area contributed by atoms with Crippen molar-refractivity contribution in [3.8, 4) is 0 Å². The molecule has 1 aliphatic rings. The molecule has 0 atom stereocenters. The number of aromatic nitrogens is 1. The molecule has 2 N–H and O–H groups in total. The van der Waals surface area contributed by atoms with Gasteiger partial charge in [0.05, 0.1) is 17.8 Å². The maximum Gasteiger partial charge on any atom is 0.258 e. The van der Waals surface area contributed by atoms with Crippen LogP contribution in [0.2, 0.25) is 0 Å². The van der Waals surface area contributed by atoms with Crippen LogP contribution in [0.5, 0.6) is 0 Å². The second-order valence-corrected chi connectivity index (χ2v) is 7.54. The van der Waals surface area contributed by atoms with Crippen LogP contribution in [-0.2, 0) is 0 Å². The summed E-state index contributed by atoms with van der Waals surface area (Å²) in [5.74, 6) is 0.789. The Morgan fingerprint density at radius 2 is 1.78 bits per heavy atom. The first-order valence-corrected chi connectivity index (χ1v) is 10.6. The van der Waals surface area contributed by atoms with Crippen LogP contribution in [0.15, 0.2) is 71.9 Å². The Bertz CT molecular complexity index is 1160. The monoisotopic (exact) mass is 425 g/mol. The summed E-state index contributed by atoms with van der Waals surface area (Å²) in [6.07, 6.45) is 1.68. The number of nitrogens with one attached hydrogen (secondary N) is 2. The van der Waals surface area contributed by atoms with Crippen LogP contribution < -0.4 is 16.1 Å². The Morgan fingerprint density at radius 3 is 2.50 bits per heavy atom. The Kier molecular flexibility index (Phi) is 6.30. The van der Waals surface area contributed by atoms with E-state index in [0.29, 0.717) is 22.6 Å². The number of likely N-dealkylation sites (N-methyl/N-ethyl adjacent to an activating group) is 1. The molecule has 8 heteroatoms. The lowest BCUT2D eigenvalue weighted by Crippen LogP contribution is -2.28. The lowest BCUT2D eigenvalue weighted by molar-refractivity contribution is 0.102. The van der Waals surface area contributed by atoms with E-state index < -0.39 is 0 Å². The summed E-state index contributed by atoms with van der Waals surface area (Å²) >= 11 is 0. The maximum atomic E-state index is 12.8. The van der Waals surface area contributed by atoms with Crippen molar-refractivity contribution in [1.29, 1.82) is 0 Å². The van der Waals surface area contributed by atoms with Gasteiger partial charge in [0.25, 0.3) is 11.8 Å². The van der Waals surface area contributed by atoms with Gasteiger partial charge in [0.1, 0.15) is 19.5 Å². The molecule has 7 nitrogen and oxygen atoms in total. The van der Waals surface area contributed by atoms with Gasteiger partial charge in [0.15, 0.2) is 0 Å². The van der Waals surface area contributed by atoms with Gasteiger partial charge in [0, 0.05) is 30.4 Å². The number of benzene rings is 2. The fraction of sp³-hybridized carbons (Fsp3) is 0.167. The number of anilines is 2. The highest BCUT2D eigenvalue weighted by atomic mass is 16.2. The van der Waals surface area contributed by atoms with Gasteiger partial charge in [-0.2, -0.15) is 0 Å². The van der Waals surface area contributed by atoms with Crippen molar-refractivity contribution in [1.82, 2.24) is 9.88 Å². The van der Waals surface area contributed by atoms with Crippen molar-refractivity contribution in [3.05, 3.63) is 83.6 Å². The lowest BCUT2D eigenvalue weighted by Gasteiger charge is -2.18. The Balaban J connectivity index is 1.48. The Labute approximate surface area is 188 Å². The zero-order valence-electron chi connectivity index (χ0n) is 18.1. The standard InChI is InChI=1S/C24H24BN5O2/c1-2-30-14-13-26-22(30)16-7-9-17(10-8-16)23(31)28-20-6-4-3-5-19(20)24(32)29-21-12-11-18(25)15-27-21/h3-12,15H,2,13-14,25H2,1H3,(H,28,31)(H,27,29,32). The number of aliphatic imine (C=N–C) groups is 1. The van der Waals surface area contributed by atoms with Crippen molar-refractivity contribution < 1.29 is 9.59 Å². The van der Waals surface area contributed by atoms with E-state index in [1.807, 2.05) is 26.0 Å². The third-order valence-corrected chi connectivity index (χ3v) is 5.29. The van der Waals surface area contributed by atoms with E-state index in [2.05, 4.69) is 32.4 Å². The van der Waals surface area contributed by atoms with Crippen LogP contribution in [0.3, 0.4) is 0 Å². The van der Waals surface area contributed by atoms with Crippen LogP contribution in [0.25, 0.3) is 0 Å². The molecule has 1 aliphatic heterocycles. The zero-order valence-corrected chi connectivity index (χ0v) is 18.1. The molecule has 0 bridgehead atoms. The van der Waals surface area contributed by atoms with Crippen molar-refractivity contribution in [2.24, 2.45) is 4.99 Å². The second kappa shape index (κ2) is 9.47. The topological polar surface area (TPSA) is 86.7 Å². The molecule has 2 heterocycles. The third kappa shape index (κ3) is 4.69. The van der Waals surface area contributed by atoms with Crippen molar-refractivity contribution >= 4 is 42.5 Å². The average molecular weight is 425 g/mol. The maximum absolute atomic E-state index is 12.8. The molecule has 2 aromatic carbocycles. The number of carbonyl (C=O) groups is 2. The van der Waals surface area contributed by atoms with E-state index in [1.54, 1.807) is 48.7 Å². The number of hydrogen-bond donors (Lipinski definition) is 2. The molecular formula is C24H24BN5O2. The molecule has 0 saturated carbocycles. The molecule has 0 radical (unpaired) electrons. The predicted molar refractivity (Wildman–Crippen MR) is 130 cm³/mol. The number of carbonyl (C=O) groups excluding carboxylic acids is 2. The number of rotatable bonds is 6. The first-order chi connectivity index (χ1) is 15.5. The first kappa shape index (κ1) is 21.3. The fourth-order valence-electron chi connectivity index (χ4n) is 3.54. The molecule has 1 aromatic heterocycles. The lowest BCUT2D eigenvalue weighted by atomic mass is 9.99. The molecule has 0 spiro atoms. The van der Waals surface area contributed by atoms with E-state index in [0.717, 1.165) is 36.5 Å². The largest absolute Gasteiger partial charge is 0.355 e. The molecule has 0 unspecified atom stereocenters. The van der Waals surface area contributed by atoms with Gasteiger partial charge in [-0.05, 0) is 37.3 Å². The first-order valence-electron chi connectivity index (χ1n) is 10.6. The van der Waals surface area contributed by atoms with Gasteiger partial charge in [-0.1, -0.05) is 35.8 Å². The van der Waals surface area contributed by atoms with E-state index >= 15 is 0 Å². The molecule has 2 amide bonds. The smallest absolute Gasteiger partial charge is 0.258 e. The van der Waals surface area contributed by atoms with E-state index in [-0.39, 0.29) is 11.8 Å². The number of nitrogens with zero attached hydrogens (tertiary/aromatic N) is 3. The molecule has 0 aliphatic carbocycles. The number of hydrogen-bond acceptors (Lipinski definition) is 5. The van der Waals surface area contributed by atoms with Gasteiger partial charge in [-0.25, -0.2) is 4.98 Å². The van der Waals surface area contributed by atoms with Crippen LogP contribution in [0, 0.1) is 0 Å². The van der Waals surface area contributed by atoms with Gasteiger partial charge in [0.2, 0.25) is 0 Å².